The lowest BCUT2D eigenvalue weighted by Gasteiger charge is -2.26. The Morgan fingerprint density at radius 3 is 2.79 bits per heavy atom. The van der Waals surface area contributed by atoms with Gasteiger partial charge >= 0.3 is 0 Å². The zero-order valence-electron chi connectivity index (χ0n) is 17.3. The first-order chi connectivity index (χ1) is 13.9. The topological polar surface area (TPSA) is 85.4 Å². The number of amides is 1. The Morgan fingerprint density at radius 2 is 2.03 bits per heavy atom. The smallest absolute Gasteiger partial charge is 0.290 e. The molecule has 1 aromatic carbocycles. The minimum atomic E-state index is -0.282. The van der Waals surface area contributed by atoms with Crippen molar-refractivity contribution in [3.63, 3.8) is 0 Å². The fraction of sp³-hybridized carbons (Fsp3) is 0.381. The quantitative estimate of drug-likeness (QED) is 0.731. The van der Waals surface area contributed by atoms with Crippen molar-refractivity contribution in [3.05, 3.63) is 46.8 Å². The lowest BCUT2D eigenvalue weighted by molar-refractivity contribution is 0.0886. The van der Waals surface area contributed by atoms with Crippen LogP contribution in [0.15, 0.2) is 28.8 Å². The minimum absolute atomic E-state index is 0.127. The van der Waals surface area contributed by atoms with Gasteiger partial charge in [0.05, 0.1) is 23.9 Å². The number of aryl methyl sites for hydroxylation is 2. The number of nitrogens with one attached hydrogen (secondary N) is 1. The third kappa shape index (κ3) is 3.24. The molecule has 0 fully saturated rings. The molecule has 8 nitrogen and oxygen atoms in total. The summed E-state index contributed by atoms with van der Waals surface area (Å²) in [4.78, 5) is 15.0. The second-order valence-electron chi connectivity index (χ2n) is 7.49. The molecule has 152 valence electrons. The van der Waals surface area contributed by atoms with Gasteiger partial charge in [-0.05, 0) is 19.9 Å². The van der Waals surface area contributed by atoms with Crippen LogP contribution in [-0.2, 0) is 7.05 Å². The van der Waals surface area contributed by atoms with Crippen LogP contribution in [0.5, 0.6) is 5.75 Å². The van der Waals surface area contributed by atoms with Crippen LogP contribution in [0.4, 0.5) is 5.82 Å². The average Bonchev–Trinajstić information content (AvgIpc) is 3.20. The van der Waals surface area contributed by atoms with E-state index in [1.807, 2.05) is 64.2 Å². The predicted octanol–water partition coefficient (Wildman–Crippen LogP) is 3.01. The highest BCUT2D eigenvalue weighted by molar-refractivity contribution is 5.95. The van der Waals surface area contributed by atoms with Crippen LogP contribution >= 0.6 is 0 Å². The monoisotopic (exact) mass is 395 g/mol. The molecule has 4 rings (SSSR count). The summed E-state index contributed by atoms with van der Waals surface area (Å²) in [6.45, 7) is 4.34. The molecule has 3 heterocycles. The summed E-state index contributed by atoms with van der Waals surface area (Å²) in [7, 11) is 5.79. The van der Waals surface area contributed by atoms with Crippen LogP contribution in [0.2, 0.25) is 0 Å². The summed E-state index contributed by atoms with van der Waals surface area (Å²) in [6.07, 6.45) is 0.704. The summed E-state index contributed by atoms with van der Waals surface area (Å²) in [6, 6.07) is 7.63. The van der Waals surface area contributed by atoms with Crippen LogP contribution in [0.1, 0.15) is 39.8 Å². The molecule has 0 saturated carbocycles. The maximum Gasteiger partial charge on any atom is 0.290 e. The van der Waals surface area contributed by atoms with Crippen LogP contribution < -0.4 is 15.0 Å². The van der Waals surface area contributed by atoms with Crippen molar-refractivity contribution in [2.24, 2.45) is 7.05 Å². The van der Waals surface area contributed by atoms with Gasteiger partial charge in [0.2, 0.25) is 5.76 Å². The number of anilines is 1. The number of nitrogens with zero attached hydrogens (tertiary/aromatic N) is 4. The maximum absolute atomic E-state index is 13.0. The van der Waals surface area contributed by atoms with Crippen LogP contribution in [-0.4, -0.2) is 41.5 Å². The first-order valence-electron chi connectivity index (χ1n) is 9.58. The molecule has 0 unspecified atom stereocenters. The fourth-order valence-electron chi connectivity index (χ4n) is 3.93. The summed E-state index contributed by atoms with van der Waals surface area (Å²) in [5, 5.41) is 11.8. The van der Waals surface area contributed by atoms with E-state index in [1.165, 1.54) is 0 Å². The fourth-order valence-corrected chi connectivity index (χ4v) is 3.93. The highest BCUT2D eigenvalue weighted by Crippen LogP contribution is 2.36. The highest BCUT2D eigenvalue weighted by Gasteiger charge is 2.29. The second kappa shape index (κ2) is 7.27. The molecule has 29 heavy (non-hydrogen) atoms. The molecule has 0 saturated heterocycles. The summed E-state index contributed by atoms with van der Waals surface area (Å²) >= 11 is 0. The molecule has 0 aliphatic carbocycles. The predicted molar refractivity (Wildman–Crippen MR) is 109 cm³/mol. The molecular weight excluding hydrogens is 370 g/mol. The molecule has 1 N–H and O–H groups in total. The largest absolute Gasteiger partial charge is 0.493 e. The Bertz CT molecular complexity index is 1070. The van der Waals surface area contributed by atoms with Crippen molar-refractivity contribution in [2.75, 3.05) is 25.6 Å². The molecule has 0 bridgehead atoms. The van der Waals surface area contributed by atoms with Crippen molar-refractivity contribution in [1.82, 2.24) is 20.3 Å². The molecule has 1 atom stereocenters. The van der Waals surface area contributed by atoms with Crippen molar-refractivity contribution in [1.29, 1.82) is 0 Å². The van der Waals surface area contributed by atoms with Gasteiger partial charge in [-0.2, -0.15) is 5.10 Å². The number of rotatable bonds is 4. The Hall–Kier alpha value is -3.29. The maximum atomic E-state index is 13.0. The van der Waals surface area contributed by atoms with E-state index in [0.717, 1.165) is 28.4 Å². The normalized spacial score (nSPS) is 15.6. The van der Waals surface area contributed by atoms with Crippen molar-refractivity contribution in [3.8, 4) is 17.0 Å². The first kappa shape index (κ1) is 19.0. The van der Waals surface area contributed by atoms with Crippen LogP contribution in [0, 0.1) is 13.8 Å². The zero-order valence-corrected chi connectivity index (χ0v) is 17.3. The number of hydrogen-bond acceptors (Lipinski definition) is 6. The molecule has 1 aliphatic rings. The molecule has 3 aromatic rings. The number of carbonyl (C=O) groups is 1. The second-order valence-corrected chi connectivity index (χ2v) is 7.49. The van der Waals surface area contributed by atoms with E-state index in [1.54, 1.807) is 4.68 Å². The Balaban J connectivity index is 1.65. The number of fused-ring (bicyclic) bond motifs is 1. The molecule has 0 spiro atoms. The third-order valence-electron chi connectivity index (χ3n) is 5.25. The van der Waals surface area contributed by atoms with E-state index in [0.29, 0.717) is 24.3 Å². The number of ether oxygens (including phenoxy) is 1. The van der Waals surface area contributed by atoms with Gasteiger partial charge in [-0.3, -0.25) is 9.48 Å². The van der Waals surface area contributed by atoms with Gasteiger partial charge in [0, 0.05) is 38.7 Å². The van der Waals surface area contributed by atoms with Crippen molar-refractivity contribution in [2.45, 2.75) is 26.3 Å². The molecule has 1 amide bonds. The molecule has 8 heteroatoms. The van der Waals surface area contributed by atoms with Crippen LogP contribution in [0.25, 0.3) is 11.3 Å². The van der Waals surface area contributed by atoms with Crippen molar-refractivity contribution < 1.29 is 14.1 Å². The standard InChI is InChI=1S/C21H25N5O3/c1-12-18(17-13(2)23-26(5)21(17)25(3)4)24-29-19(12)20(27)22-15-10-11-28-16-9-7-6-8-14(15)16/h6-9,15H,10-11H2,1-5H3,(H,22,27)/t15-/m1/s1. The van der Waals surface area contributed by atoms with Gasteiger partial charge in [-0.25, -0.2) is 0 Å². The van der Waals surface area contributed by atoms with E-state index in [4.69, 9.17) is 9.26 Å². The number of benzene rings is 1. The lowest BCUT2D eigenvalue weighted by atomic mass is 10.00. The molecular formula is C21H25N5O3. The third-order valence-corrected chi connectivity index (χ3v) is 5.25. The SMILES string of the molecule is Cc1nn(C)c(N(C)C)c1-c1noc(C(=O)N[C@@H]2CCOc3ccccc32)c1C. The number of para-hydroxylation sites is 1. The Morgan fingerprint density at radius 1 is 1.28 bits per heavy atom. The van der Waals surface area contributed by atoms with E-state index in [2.05, 4.69) is 15.6 Å². The van der Waals surface area contributed by atoms with Gasteiger partial charge in [-0.15, -0.1) is 0 Å². The zero-order chi connectivity index (χ0) is 20.7. The van der Waals surface area contributed by atoms with E-state index in [9.17, 15) is 4.79 Å². The minimum Gasteiger partial charge on any atom is -0.493 e. The van der Waals surface area contributed by atoms with Crippen molar-refractivity contribution >= 4 is 11.7 Å². The van der Waals surface area contributed by atoms with Crippen LogP contribution in [0.3, 0.4) is 0 Å². The summed E-state index contributed by atoms with van der Waals surface area (Å²) < 4.78 is 13.0. The van der Waals surface area contributed by atoms with E-state index in [-0.39, 0.29) is 17.7 Å². The highest BCUT2D eigenvalue weighted by atomic mass is 16.5. The van der Waals surface area contributed by atoms with Gasteiger partial charge in [0.15, 0.2) is 0 Å². The number of aromatic nitrogens is 3. The van der Waals surface area contributed by atoms with E-state index >= 15 is 0 Å². The first-order valence-corrected chi connectivity index (χ1v) is 9.58. The molecule has 0 radical (unpaired) electrons. The van der Waals surface area contributed by atoms with E-state index < -0.39 is 0 Å². The summed E-state index contributed by atoms with van der Waals surface area (Å²) in [5.74, 6) is 1.65. The summed E-state index contributed by atoms with van der Waals surface area (Å²) in [5.41, 5.74) is 4.01. The Labute approximate surface area is 169 Å². The number of hydrogen-bond donors (Lipinski definition) is 1. The van der Waals surface area contributed by atoms with Gasteiger partial charge in [0.1, 0.15) is 17.3 Å². The molecule has 1 aliphatic heterocycles. The lowest BCUT2D eigenvalue weighted by Crippen LogP contribution is -2.32. The van der Waals surface area contributed by atoms with Gasteiger partial charge in [0.25, 0.3) is 5.91 Å². The van der Waals surface area contributed by atoms with Gasteiger partial charge in [-0.1, -0.05) is 23.4 Å². The Kier molecular flexibility index (Phi) is 4.77. The van der Waals surface area contributed by atoms with Gasteiger partial charge < -0.3 is 19.5 Å². The average molecular weight is 395 g/mol. The number of carbonyl (C=O) groups excluding carboxylic acids is 1. The molecule has 2 aromatic heterocycles.